The van der Waals surface area contributed by atoms with Crippen molar-refractivity contribution in [2.75, 3.05) is 9.96 Å². The normalized spacial score (nSPS) is 24.6. The van der Waals surface area contributed by atoms with E-state index in [-0.39, 0.29) is 17.9 Å². The number of hydrogen-bond acceptors (Lipinski definition) is 4. The third-order valence-electron chi connectivity index (χ3n) is 5.50. The highest BCUT2D eigenvalue weighted by Crippen LogP contribution is 2.42. The summed E-state index contributed by atoms with van der Waals surface area (Å²) in [6.07, 6.45) is 0.939. The summed E-state index contributed by atoms with van der Waals surface area (Å²) in [5, 5.41) is 1.77. The Kier molecular flexibility index (Phi) is 4.48. The van der Waals surface area contributed by atoms with Crippen LogP contribution in [0.3, 0.4) is 0 Å². The minimum atomic E-state index is -0.756. The van der Waals surface area contributed by atoms with Crippen LogP contribution < -0.4 is 9.96 Å². The van der Waals surface area contributed by atoms with E-state index >= 15 is 0 Å². The quantitative estimate of drug-likeness (QED) is 0.775. The number of anilines is 2. The van der Waals surface area contributed by atoms with Crippen molar-refractivity contribution < 1.29 is 14.4 Å². The molecule has 0 spiro atoms. The minimum absolute atomic E-state index is 0.145. The molecule has 2 aromatic carbocycles. The molecule has 5 nitrogen and oxygen atoms in total. The van der Waals surface area contributed by atoms with E-state index in [4.69, 9.17) is 4.84 Å². The number of carbonyl (C=O) groups is 2. The molecule has 27 heavy (non-hydrogen) atoms. The molecule has 0 aliphatic carbocycles. The van der Waals surface area contributed by atoms with E-state index in [0.717, 1.165) is 29.7 Å². The van der Waals surface area contributed by atoms with Crippen LogP contribution in [0.5, 0.6) is 0 Å². The van der Waals surface area contributed by atoms with Gasteiger partial charge < -0.3 is 0 Å². The van der Waals surface area contributed by atoms with Crippen LogP contribution >= 0.6 is 0 Å². The summed E-state index contributed by atoms with van der Waals surface area (Å²) in [5.74, 6) is -0.891. The Balaban J connectivity index is 1.72. The summed E-state index contributed by atoms with van der Waals surface area (Å²) in [4.78, 5) is 34.0. The smallest absolute Gasteiger partial charge is 0.266 e. The van der Waals surface area contributed by atoms with Gasteiger partial charge in [0.05, 0.1) is 23.3 Å². The van der Waals surface area contributed by atoms with Crippen molar-refractivity contribution in [3.05, 3.63) is 59.7 Å². The van der Waals surface area contributed by atoms with Crippen molar-refractivity contribution >= 4 is 23.2 Å². The van der Waals surface area contributed by atoms with Gasteiger partial charge in [-0.3, -0.25) is 14.4 Å². The lowest BCUT2D eigenvalue weighted by Gasteiger charge is -2.29. The maximum Gasteiger partial charge on any atom is 0.266 e. The fourth-order valence-electron chi connectivity index (χ4n) is 4.29. The van der Waals surface area contributed by atoms with E-state index in [1.165, 1.54) is 4.90 Å². The van der Waals surface area contributed by atoms with Crippen molar-refractivity contribution in [2.24, 2.45) is 5.92 Å². The number of nitrogens with zero attached hydrogens (tertiary/aromatic N) is 2. The second-order valence-electron chi connectivity index (χ2n) is 7.32. The molecule has 4 rings (SSSR count). The molecule has 0 aromatic heterocycles. The second kappa shape index (κ2) is 6.82. The Morgan fingerprint density at radius 2 is 1.59 bits per heavy atom. The number of benzene rings is 2. The Labute approximate surface area is 159 Å². The molecular formula is C22H24N2O3. The molecule has 2 saturated heterocycles. The number of hydroxylamine groups is 1. The van der Waals surface area contributed by atoms with Gasteiger partial charge in [0.2, 0.25) is 5.91 Å². The van der Waals surface area contributed by atoms with Gasteiger partial charge in [-0.15, -0.1) is 0 Å². The molecule has 2 heterocycles. The van der Waals surface area contributed by atoms with E-state index in [1.807, 2.05) is 62.4 Å². The van der Waals surface area contributed by atoms with Crippen molar-refractivity contribution in [3.63, 3.8) is 0 Å². The number of imide groups is 1. The van der Waals surface area contributed by atoms with Crippen molar-refractivity contribution in [2.45, 2.75) is 45.8 Å². The topological polar surface area (TPSA) is 49.9 Å². The van der Waals surface area contributed by atoms with Crippen LogP contribution in [0.25, 0.3) is 0 Å². The molecule has 0 saturated carbocycles. The van der Waals surface area contributed by atoms with Crippen molar-refractivity contribution in [1.29, 1.82) is 0 Å². The molecule has 5 heteroatoms. The zero-order valence-corrected chi connectivity index (χ0v) is 15.9. The summed E-state index contributed by atoms with van der Waals surface area (Å²) >= 11 is 0. The molecule has 140 valence electrons. The third kappa shape index (κ3) is 2.73. The Bertz CT molecular complexity index is 860. The lowest BCUT2D eigenvalue weighted by atomic mass is 9.93. The standard InChI is InChI=1S/C22H24N2O3/c1-4-9-17-18-20(27-24(17)16-12-6-5-7-13-16)22(26)23(21(18)25)19-14(2)10-8-11-15(19)3/h5-8,10-13,17-18,20H,4,9H2,1-3H3/t17-,18+,20-/m1/s1. The van der Waals surface area contributed by atoms with E-state index in [1.54, 1.807) is 5.06 Å². The number of amides is 2. The molecule has 3 atom stereocenters. The summed E-state index contributed by atoms with van der Waals surface area (Å²) in [6.45, 7) is 5.94. The van der Waals surface area contributed by atoms with Crippen molar-refractivity contribution in [1.82, 2.24) is 0 Å². The fourth-order valence-corrected chi connectivity index (χ4v) is 4.29. The van der Waals surface area contributed by atoms with Gasteiger partial charge in [0.1, 0.15) is 0 Å². The van der Waals surface area contributed by atoms with Gasteiger partial charge in [-0.2, -0.15) is 0 Å². The predicted octanol–water partition coefficient (Wildman–Crippen LogP) is 3.78. The first kappa shape index (κ1) is 17.7. The maximum atomic E-state index is 13.4. The first-order valence-electron chi connectivity index (χ1n) is 9.49. The van der Waals surface area contributed by atoms with E-state index in [0.29, 0.717) is 5.69 Å². The number of rotatable bonds is 4. The SMILES string of the molecule is CCC[C@@H]1[C@@H]2C(=O)N(c3c(C)cccc3C)C(=O)[C@@H]2ON1c1ccccc1. The van der Waals surface area contributed by atoms with Gasteiger partial charge in [0.25, 0.3) is 5.91 Å². The number of para-hydroxylation sites is 2. The zero-order valence-electron chi connectivity index (χ0n) is 15.9. The monoisotopic (exact) mass is 364 g/mol. The summed E-state index contributed by atoms with van der Waals surface area (Å²) in [7, 11) is 0. The van der Waals surface area contributed by atoms with Gasteiger partial charge in [0, 0.05) is 0 Å². The lowest BCUT2D eigenvalue weighted by Crippen LogP contribution is -2.41. The van der Waals surface area contributed by atoms with Gasteiger partial charge >= 0.3 is 0 Å². The number of hydrogen-bond donors (Lipinski definition) is 0. The van der Waals surface area contributed by atoms with Crippen LogP contribution in [0, 0.1) is 19.8 Å². The van der Waals surface area contributed by atoms with E-state index in [2.05, 4.69) is 6.92 Å². The van der Waals surface area contributed by atoms with Crippen LogP contribution in [0.15, 0.2) is 48.5 Å². The summed E-state index contributed by atoms with van der Waals surface area (Å²) < 4.78 is 0. The largest absolute Gasteiger partial charge is 0.273 e. The highest BCUT2D eigenvalue weighted by atomic mass is 16.7. The first-order valence-corrected chi connectivity index (χ1v) is 9.49. The summed E-state index contributed by atoms with van der Waals surface area (Å²) in [6, 6.07) is 15.3. The Morgan fingerprint density at radius 1 is 0.926 bits per heavy atom. The number of carbonyl (C=O) groups excluding carboxylic acids is 2. The molecule has 0 unspecified atom stereocenters. The Morgan fingerprint density at radius 3 is 2.22 bits per heavy atom. The molecule has 2 aromatic rings. The van der Waals surface area contributed by atoms with Crippen LogP contribution in [0.4, 0.5) is 11.4 Å². The molecule has 2 amide bonds. The molecule has 0 N–H and O–H groups in total. The van der Waals surface area contributed by atoms with E-state index < -0.39 is 12.0 Å². The highest BCUT2D eigenvalue weighted by Gasteiger charge is 2.59. The van der Waals surface area contributed by atoms with Crippen LogP contribution in [0.2, 0.25) is 0 Å². The van der Waals surface area contributed by atoms with Gasteiger partial charge in [0.15, 0.2) is 6.10 Å². The van der Waals surface area contributed by atoms with Gasteiger partial charge in [-0.05, 0) is 43.5 Å². The van der Waals surface area contributed by atoms with Crippen LogP contribution in [-0.4, -0.2) is 24.0 Å². The lowest BCUT2D eigenvalue weighted by molar-refractivity contribution is -0.126. The average Bonchev–Trinajstić information content (AvgIpc) is 3.14. The molecule has 0 radical (unpaired) electrons. The first-order chi connectivity index (χ1) is 13.0. The molecule has 0 bridgehead atoms. The second-order valence-corrected chi connectivity index (χ2v) is 7.32. The molecule has 2 fully saturated rings. The fraction of sp³-hybridized carbons (Fsp3) is 0.364. The summed E-state index contributed by atoms with van der Waals surface area (Å²) in [5.41, 5.74) is 3.42. The zero-order chi connectivity index (χ0) is 19.1. The van der Waals surface area contributed by atoms with Gasteiger partial charge in [-0.1, -0.05) is 49.7 Å². The average molecular weight is 364 g/mol. The molecule has 2 aliphatic heterocycles. The van der Waals surface area contributed by atoms with Gasteiger partial charge in [-0.25, -0.2) is 9.96 Å². The Hall–Kier alpha value is -2.66. The molecular weight excluding hydrogens is 340 g/mol. The highest BCUT2D eigenvalue weighted by molar-refractivity contribution is 6.24. The third-order valence-corrected chi connectivity index (χ3v) is 5.50. The predicted molar refractivity (Wildman–Crippen MR) is 104 cm³/mol. The minimum Gasteiger partial charge on any atom is -0.273 e. The van der Waals surface area contributed by atoms with Crippen LogP contribution in [0.1, 0.15) is 30.9 Å². The van der Waals surface area contributed by atoms with E-state index in [9.17, 15) is 9.59 Å². The number of aryl methyl sites for hydroxylation is 2. The maximum absolute atomic E-state index is 13.4. The molecule has 2 aliphatic rings. The van der Waals surface area contributed by atoms with Crippen molar-refractivity contribution in [3.8, 4) is 0 Å². The van der Waals surface area contributed by atoms with Crippen LogP contribution in [-0.2, 0) is 14.4 Å². The number of fused-ring (bicyclic) bond motifs is 1.